The van der Waals surface area contributed by atoms with E-state index in [1.54, 1.807) is 16.7 Å². The summed E-state index contributed by atoms with van der Waals surface area (Å²) in [5.41, 5.74) is 4.41. The lowest BCUT2D eigenvalue weighted by Gasteiger charge is -2.32. The van der Waals surface area contributed by atoms with E-state index in [0.29, 0.717) is 18.7 Å². The number of benzene rings is 3. The second-order valence-corrected chi connectivity index (χ2v) is 10.9. The van der Waals surface area contributed by atoms with Gasteiger partial charge in [-0.25, -0.2) is 0 Å². The highest BCUT2D eigenvalue weighted by Crippen LogP contribution is 2.20. The molecule has 4 nitrogen and oxygen atoms in total. The summed E-state index contributed by atoms with van der Waals surface area (Å²) in [5, 5.41) is 3.03. The predicted octanol–water partition coefficient (Wildman–Crippen LogP) is 6.16. The Morgan fingerprint density at radius 2 is 1.60 bits per heavy atom. The number of carbonyl (C=O) groups excluding carboxylic acids is 2. The molecule has 0 spiro atoms. The van der Waals surface area contributed by atoms with E-state index in [4.69, 9.17) is 0 Å². The van der Waals surface area contributed by atoms with Crippen molar-refractivity contribution in [3.8, 4) is 0 Å². The van der Waals surface area contributed by atoms with E-state index in [9.17, 15) is 9.59 Å². The van der Waals surface area contributed by atoms with Gasteiger partial charge in [0.05, 0.1) is 5.75 Å². The zero-order valence-corrected chi connectivity index (χ0v) is 22.9. The average Bonchev–Trinajstić information content (AvgIpc) is 2.82. The van der Waals surface area contributed by atoms with Crippen LogP contribution in [0, 0.1) is 6.92 Å². The van der Waals surface area contributed by atoms with Crippen LogP contribution in [0.25, 0.3) is 0 Å². The Morgan fingerprint density at radius 3 is 2.26 bits per heavy atom. The average molecular weight is 554 g/mol. The molecule has 0 unspecified atom stereocenters. The van der Waals surface area contributed by atoms with Crippen LogP contribution < -0.4 is 5.32 Å². The van der Waals surface area contributed by atoms with Gasteiger partial charge >= 0.3 is 0 Å². The maximum absolute atomic E-state index is 13.6. The third-order valence-electron chi connectivity index (χ3n) is 5.56. The van der Waals surface area contributed by atoms with Crippen molar-refractivity contribution in [1.82, 2.24) is 10.2 Å². The third kappa shape index (κ3) is 8.86. The summed E-state index contributed by atoms with van der Waals surface area (Å²) in [4.78, 5) is 28.7. The molecule has 0 aliphatic rings. The molecule has 0 radical (unpaired) electrons. The van der Waals surface area contributed by atoms with Crippen LogP contribution in [0.2, 0.25) is 0 Å². The Kier molecular flexibility index (Phi) is 10.4. The van der Waals surface area contributed by atoms with Gasteiger partial charge in [0.1, 0.15) is 6.04 Å². The topological polar surface area (TPSA) is 49.4 Å². The van der Waals surface area contributed by atoms with Gasteiger partial charge in [0.15, 0.2) is 0 Å². The number of nitrogens with zero attached hydrogens (tertiary/aromatic N) is 1. The minimum absolute atomic E-state index is 0.0143. The first-order chi connectivity index (χ1) is 16.8. The van der Waals surface area contributed by atoms with Crippen LogP contribution in [0.3, 0.4) is 0 Å². The van der Waals surface area contributed by atoms with Crippen molar-refractivity contribution in [1.29, 1.82) is 0 Å². The summed E-state index contributed by atoms with van der Waals surface area (Å²) < 4.78 is 0.947. The zero-order chi connectivity index (χ0) is 25.2. The molecule has 2 amide bonds. The number of carbonyl (C=O) groups is 2. The molecule has 0 aliphatic carbocycles. The van der Waals surface area contributed by atoms with Crippen molar-refractivity contribution in [3.05, 3.63) is 106 Å². The first-order valence-electron chi connectivity index (χ1n) is 11.8. The quantitative estimate of drug-likeness (QED) is 0.310. The van der Waals surface area contributed by atoms with Crippen LogP contribution in [0.4, 0.5) is 0 Å². The maximum atomic E-state index is 13.6. The van der Waals surface area contributed by atoms with E-state index in [-0.39, 0.29) is 17.9 Å². The Bertz CT molecular complexity index is 1100. The number of hydrogen-bond acceptors (Lipinski definition) is 3. The summed E-state index contributed by atoms with van der Waals surface area (Å²) in [6, 6.07) is 25.5. The molecule has 3 rings (SSSR count). The molecule has 184 valence electrons. The Balaban J connectivity index is 1.84. The minimum atomic E-state index is -0.605. The van der Waals surface area contributed by atoms with Gasteiger partial charge in [-0.2, -0.15) is 0 Å². The van der Waals surface area contributed by atoms with Crippen molar-refractivity contribution in [2.75, 3.05) is 5.75 Å². The second kappa shape index (κ2) is 13.5. The van der Waals surface area contributed by atoms with Gasteiger partial charge in [-0.05, 0) is 49.6 Å². The summed E-state index contributed by atoms with van der Waals surface area (Å²) in [5.74, 6) is 0.887. The van der Waals surface area contributed by atoms with Crippen LogP contribution in [-0.2, 0) is 28.3 Å². The number of nitrogens with one attached hydrogen (secondary N) is 1. The molecule has 3 aromatic carbocycles. The largest absolute Gasteiger partial charge is 0.352 e. The number of rotatable bonds is 11. The standard InChI is InChI=1S/C29H33BrN2O2S/c1-21(2)31-29(34)27(17-23-8-5-4-6-9-23)32(18-25-10-7-11-26(30)16-25)28(33)20-35-19-24-14-12-22(3)13-15-24/h4-16,21,27H,17-20H2,1-3H3,(H,31,34)/t27-/m0/s1. The maximum Gasteiger partial charge on any atom is 0.243 e. The van der Waals surface area contributed by atoms with Crippen LogP contribution in [-0.4, -0.2) is 34.6 Å². The first-order valence-corrected chi connectivity index (χ1v) is 13.8. The fourth-order valence-corrected chi connectivity index (χ4v) is 5.11. The number of thioether (sulfide) groups is 1. The van der Waals surface area contributed by atoms with Crippen molar-refractivity contribution >= 4 is 39.5 Å². The number of hydrogen-bond donors (Lipinski definition) is 1. The molecule has 6 heteroatoms. The zero-order valence-electron chi connectivity index (χ0n) is 20.5. The normalized spacial score (nSPS) is 11.8. The molecular weight excluding hydrogens is 520 g/mol. The molecule has 1 N–H and O–H groups in total. The number of halogens is 1. The molecular formula is C29H33BrN2O2S. The van der Waals surface area contributed by atoms with Gasteiger partial charge in [0.25, 0.3) is 0 Å². The smallest absolute Gasteiger partial charge is 0.243 e. The molecule has 35 heavy (non-hydrogen) atoms. The van der Waals surface area contributed by atoms with E-state index >= 15 is 0 Å². The van der Waals surface area contributed by atoms with Crippen molar-refractivity contribution < 1.29 is 9.59 Å². The minimum Gasteiger partial charge on any atom is -0.352 e. The molecule has 0 aromatic heterocycles. The van der Waals surface area contributed by atoms with E-state index in [2.05, 4.69) is 52.4 Å². The summed E-state index contributed by atoms with van der Waals surface area (Å²) in [7, 11) is 0. The molecule has 0 saturated carbocycles. The summed E-state index contributed by atoms with van der Waals surface area (Å²) >= 11 is 5.11. The van der Waals surface area contributed by atoms with Gasteiger partial charge in [0, 0.05) is 29.2 Å². The van der Waals surface area contributed by atoms with Gasteiger partial charge in [0.2, 0.25) is 11.8 Å². The highest BCUT2D eigenvalue weighted by atomic mass is 79.9. The molecule has 1 atom stereocenters. The predicted molar refractivity (Wildman–Crippen MR) is 149 cm³/mol. The lowest BCUT2D eigenvalue weighted by molar-refractivity contribution is -0.139. The summed E-state index contributed by atoms with van der Waals surface area (Å²) in [6.07, 6.45) is 0.460. The molecule has 3 aromatic rings. The van der Waals surface area contributed by atoms with Crippen molar-refractivity contribution in [3.63, 3.8) is 0 Å². The van der Waals surface area contributed by atoms with Gasteiger partial charge in [-0.3, -0.25) is 9.59 Å². The summed E-state index contributed by atoms with van der Waals surface area (Å²) in [6.45, 7) is 6.31. The second-order valence-electron chi connectivity index (χ2n) is 9.00. The Hall–Kier alpha value is -2.57. The van der Waals surface area contributed by atoms with E-state index in [1.165, 1.54) is 11.1 Å². The fourth-order valence-electron chi connectivity index (χ4n) is 3.79. The molecule has 0 aliphatic heterocycles. The SMILES string of the molecule is Cc1ccc(CSCC(=O)N(Cc2cccc(Br)c2)[C@@H](Cc2ccccc2)C(=O)NC(C)C)cc1. The van der Waals surface area contributed by atoms with Crippen molar-refractivity contribution in [2.45, 2.75) is 51.6 Å². The first kappa shape index (κ1) is 27.0. The van der Waals surface area contributed by atoms with Crippen molar-refractivity contribution in [2.24, 2.45) is 0 Å². The monoisotopic (exact) mass is 552 g/mol. The van der Waals surface area contributed by atoms with Gasteiger partial charge in [-0.1, -0.05) is 88.2 Å². The number of amides is 2. The van der Waals surface area contributed by atoms with E-state index in [0.717, 1.165) is 21.4 Å². The Morgan fingerprint density at radius 1 is 0.914 bits per heavy atom. The fraction of sp³-hybridized carbons (Fsp3) is 0.310. The Labute approximate surface area is 221 Å². The third-order valence-corrected chi connectivity index (χ3v) is 7.04. The van der Waals surface area contributed by atoms with Crippen LogP contribution in [0.5, 0.6) is 0 Å². The van der Waals surface area contributed by atoms with E-state index in [1.807, 2.05) is 68.4 Å². The van der Waals surface area contributed by atoms with Crippen LogP contribution in [0.15, 0.2) is 83.3 Å². The van der Waals surface area contributed by atoms with Crippen LogP contribution in [0.1, 0.15) is 36.1 Å². The van der Waals surface area contributed by atoms with E-state index < -0.39 is 6.04 Å². The number of aryl methyl sites for hydroxylation is 1. The molecule has 0 fully saturated rings. The van der Waals surface area contributed by atoms with Crippen LogP contribution >= 0.6 is 27.7 Å². The lowest BCUT2D eigenvalue weighted by Crippen LogP contribution is -2.52. The van der Waals surface area contributed by atoms with Gasteiger partial charge < -0.3 is 10.2 Å². The van der Waals surface area contributed by atoms with Gasteiger partial charge in [-0.15, -0.1) is 11.8 Å². The highest BCUT2D eigenvalue weighted by Gasteiger charge is 2.30. The molecule has 0 saturated heterocycles. The molecule has 0 bridgehead atoms. The lowest BCUT2D eigenvalue weighted by atomic mass is 10.0. The highest BCUT2D eigenvalue weighted by molar-refractivity contribution is 9.10. The molecule has 0 heterocycles.